The first kappa shape index (κ1) is 14.9. The number of hydrogen-bond acceptors (Lipinski definition) is 4. The number of nitrogens with one attached hydrogen (secondary N) is 1. The van der Waals surface area contributed by atoms with Crippen LogP contribution in [-0.4, -0.2) is 55.1 Å². The third-order valence-corrected chi connectivity index (χ3v) is 3.19. The Kier molecular flexibility index (Phi) is 6.07. The van der Waals surface area contributed by atoms with Gasteiger partial charge in [-0.05, 0) is 26.7 Å². The van der Waals surface area contributed by atoms with E-state index in [2.05, 4.69) is 5.32 Å². The molecule has 0 spiro atoms. The van der Waals surface area contributed by atoms with Gasteiger partial charge in [0.1, 0.15) is 6.10 Å². The molecule has 0 aromatic carbocycles. The summed E-state index contributed by atoms with van der Waals surface area (Å²) in [7, 11) is 0. The summed E-state index contributed by atoms with van der Waals surface area (Å²) in [5.41, 5.74) is 5.48. The van der Waals surface area contributed by atoms with Crippen molar-refractivity contribution in [2.24, 2.45) is 5.73 Å². The number of carbonyl (C=O) groups excluding carboxylic acids is 2. The minimum Gasteiger partial charge on any atom is -0.364 e. The molecule has 6 nitrogen and oxygen atoms in total. The van der Waals surface area contributed by atoms with E-state index in [0.29, 0.717) is 26.1 Å². The molecule has 1 heterocycles. The van der Waals surface area contributed by atoms with Crippen LogP contribution in [0.2, 0.25) is 0 Å². The largest absolute Gasteiger partial charge is 0.364 e. The Labute approximate surface area is 108 Å². The monoisotopic (exact) mass is 257 g/mol. The third kappa shape index (κ3) is 3.96. The maximum atomic E-state index is 11.8. The lowest BCUT2D eigenvalue weighted by Gasteiger charge is -2.19. The zero-order chi connectivity index (χ0) is 13.5. The van der Waals surface area contributed by atoms with Crippen molar-refractivity contribution in [3.8, 4) is 0 Å². The second-order valence-electron chi connectivity index (χ2n) is 4.34. The van der Waals surface area contributed by atoms with Gasteiger partial charge in [-0.2, -0.15) is 0 Å². The number of nitrogens with zero attached hydrogens (tertiary/aromatic N) is 1. The van der Waals surface area contributed by atoms with Gasteiger partial charge < -0.3 is 20.7 Å². The molecule has 2 atom stereocenters. The smallest absolute Gasteiger partial charge is 0.249 e. The van der Waals surface area contributed by atoms with Gasteiger partial charge in [-0.1, -0.05) is 0 Å². The fourth-order valence-corrected chi connectivity index (χ4v) is 2.04. The molecule has 2 amide bonds. The topological polar surface area (TPSA) is 84.7 Å². The van der Waals surface area contributed by atoms with Crippen molar-refractivity contribution in [3.05, 3.63) is 0 Å². The van der Waals surface area contributed by atoms with Crippen molar-refractivity contribution < 1.29 is 14.3 Å². The lowest BCUT2D eigenvalue weighted by Crippen LogP contribution is -2.43. The molecule has 0 aromatic rings. The van der Waals surface area contributed by atoms with Crippen LogP contribution in [0, 0.1) is 0 Å². The summed E-state index contributed by atoms with van der Waals surface area (Å²) in [5.74, 6) is -0.284. The molecular formula is C12H23N3O3. The van der Waals surface area contributed by atoms with Gasteiger partial charge in [0.2, 0.25) is 11.8 Å². The molecule has 1 aliphatic rings. The Balaban J connectivity index is 2.31. The number of nitrogens with two attached hydrogens (primary N) is 1. The van der Waals surface area contributed by atoms with Crippen LogP contribution in [-0.2, 0) is 14.3 Å². The lowest BCUT2D eigenvalue weighted by atomic mass is 10.2. The maximum absolute atomic E-state index is 11.8. The molecule has 1 fully saturated rings. The van der Waals surface area contributed by atoms with Gasteiger partial charge >= 0.3 is 0 Å². The van der Waals surface area contributed by atoms with E-state index in [1.54, 1.807) is 4.90 Å². The Bertz CT molecular complexity index is 292. The molecule has 0 radical (unpaired) electrons. The minimum atomic E-state index is -0.456. The van der Waals surface area contributed by atoms with Crippen molar-refractivity contribution in [2.75, 3.05) is 26.2 Å². The second kappa shape index (κ2) is 7.33. The van der Waals surface area contributed by atoms with Crippen LogP contribution in [0.4, 0.5) is 0 Å². The van der Waals surface area contributed by atoms with Crippen LogP contribution >= 0.6 is 0 Å². The van der Waals surface area contributed by atoms with Crippen molar-refractivity contribution in [1.29, 1.82) is 0 Å². The van der Waals surface area contributed by atoms with Crippen LogP contribution in [0.1, 0.15) is 26.7 Å². The molecule has 0 aliphatic carbocycles. The maximum Gasteiger partial charge on any atom is 0.249 e. The van der Waals surface area contributed by atoms with Crippen LogP contribution in [0.5, 0.6) is 0 Å². The van der Waals surface area contributed by atoms with E-state index in [4.69, 9.17) is 10.5 Å². The van der Waals surface area contributed by atoms with E-state index < -0.39 is 6.10 Å². The minimum absolute atomic E-state index is 0.0285. The number of ether oxygens (including phenoxy) is 1. The van der Waals surface area contributed by atoms with Crippen molar-refractivity contribution >= 4 is 11.8 Å². The zero-order valence-corrected chi connectivity index (χ0v) is 11.1. The number of amides is 2. The molecule has 1 rings (SSSR count). The number of rotatable bonds is 6. The van der Waals surface area contributed by atoms with Crippen molar-refractivity contribution in [1.82, 2.24) is 10.2 Å². The molecule has 3 N–H and O–H groups in total. The van der Waals surface area contributed by atoms with Gasteiger partial charge in [0.25, 0.3) is 0 Å². The Morgan fingerprint density at radius 2 is 2.00 bits per heavy atom. The quantitative estimate of drug-likeness (QED) is 0.670. The highest BCUT2D eigenvalue weighted by Gasteiger charge is 2.29. The average Bonchev–Trinajstić information content (AvgIpc) is 2.86. The molecule has 2 unspecified atom stereocenters. The predicted molar refractivity (Wildman–Crippen MR) is 67.9 cm³/mol. The summed E-state index contributed by atoms with van der Waals surface area (Å²) >= 11 is 0. The predicted octanol–water partition coefficient (Wildman–Crippen LogP) is -0.523. The highest BCUT2D eigenvalue weighted by molar-refractivity contribution is 5.87. The first-order valence-corrected chi connectivity index (χ1v) is 6.53. The summed E-state index contributed by atoms with van der Waals surface area (Å²) in [5, 5.41) is 2.62. The molecule has 104 valence electrons. The summed E-state index contributed by atoms with van der Waals surface area (Å²) < 4.78 is 5.46. The summed E-state index contributed by atoms with van der Waals surface area (Å²) in [6, 6.07) is 0. The van der Waals surface area contributed by atoms with Gasteiger partial charge in [-0.3, -0.25) is 9.59 Å². The fourth-order valence-electron chi connectivity index (χ4n) is 2.04. The molecule has 0 aromatic heterocycles. The van der Waals surface area contributed by atoms with Gasteiger partial charge in [0, 0.05) is 19.6 Å². The summed E-state index contributed by atoms with van der Waals surface area (Å²) in [4.78, 5) is 25.1. The van der Waals surface area contributed by atoms with Crippen LogP contribution in [0.15, 0.2) is 0 Å². The first-order chi connectivity index (χ1) is 8.62. The van der Waals surface area contributed by atoms with Crippen LogP contribution in [0.25, 0.3) is 0 Å². The molecule has 1 saturated heterocycles. The zero-order valence-electron chi connectivity index (χ0n) is 11.1. The van der Waals surface area contributed by atoms with Crippen LogP contribution in [0.3, 0.4) is 0 Å². The molecule has 0 bridgehead atoms. The fraction of sp³-hybridized carbons (Fsp3) is 0.833. The summed E-state index contributed by atoms with van der Waals surface area (Å²) in [6.45, 7) is 5.60. The first-order valence-electron chi connectivity index (χ1n) is 6.53. The highest BCUT2D eigenvalue weighted by atomic mass is 16.5. The number of carbonyl (C=O) groups is 2. The van der Waals surface area contributed by atoms with E-state index in [9.17, 15) is 9.59 Å². The Morgan fingerprint density at radius 1 is 1.33 bits per heavy atom. The molecule has 1 aliphatic heterocycles. The second-order valence-corrected chi connectivity index (χ2v) is 4.34. The highest BCUT2D eigenvalue weighted by Crippen LogP contribution is 2.18. The van der Waals surface area contributed by atoms with Gasteiger partial charge in [-0.15, -0.1) is 0 Å². The van der Waals surface area contributed by atoms with E-state index in [0.717, 1.165) is 6.42 Å². The van der Waals surface area contributed by atoms with E-state index in [1.165, 1.54) is 0 Å². The molecule has 0 saturated carbocycles. The van der Waals surface area contributed by atoms with E-state index >= 15 is 0 Å². The van der Waals surface area contributed by atoms with Crippen molar-refractivity contribution in [2.45, 2.75) is 38.9 Å². The standard InChI is InChI=1S/C12H23N3O3/c1-3-15(4-2)11(16)8-14-12(17)10-6-5-9(7-13)18-10/h9-10H,3-8,13H2,1-2H3,(H,14,17). The Hall–Kier alpha value is -1.14. The Morgan fingerprint density at radius 3 is 2.50 bits per heavy atom. The number of hydrogen-bond donors (Lipinski definition) is 2. The number of likely N-dealkylation sites (N-methyl/N-ethyl adjacent to an activating group) is 1. The van der Waals surface area contributed by atoms with Gasteiger partial charge in [0.15, 0.2) is 0 Å². The van der Waals surface area contributed by atoms with E-state index in [-0.39, 0.29) is 24.5 Å². The normalized spacial score (nSPS) is 22.8. The van der Waals surface area contributed by atoms with Crippen molar-refractivity contribution in [3.63, 3.8) is 0 Å². The molecule has 18 heavy (non-hydrogen) atoms. The average molecular weight is 257 g/mol. The van der Waals surface area contributed by atoms with Gasteiger partial charge in [-0.25, -0.2) is 0 Å². The third-order valence-electron chi connectivity index (χ3n) is 3.19. The lowest BCUT2D eigenvalue weighted by molar-refractivity contribution is -0.136. The molecule has 6 heteroatoms. The van der Waals surface area contributed by atoms with E-state index in [1.807, 2.05) is 13.8 Å². The SMILES string of the molecule is CCN(CC)C(=O)CNC(=O)C1CCC(CN)O1. The van der Waals surface area contributed by atoms with Crippen LogP contribution < -0.4 is 11.1 Å². The molecular weight excluding hydrogens is 234 g/mol. The van der Waals surface area contributed by atoms with Gasteiger partial charge in [0.05, 0.1) is 12.6 Å². The summed E-state index contributed by atoms with van der Waals surface area (Å²) in [6.07, 6.45) is 0.994.